The van der Waals surface area contributed by atoms with Crippen molar-refractivity contribution in [3.05, 3.63) is 77.1 Å². The zero-order valence-corrected chi connectivity index (χ0v) is 21.3. The minimum atomic E-state index is -0.584. The van der Waals surface area contributed by atoms with Crippen LogP contribution in [0.3, 0.4) is 0 Å². The zero-order chi connectivity index (χ0) is 24.4. The van der Waals surface area contributed by atoms with Crippen molar-refractivity contribution in [2.75, 3.05) is 13.7 Å². The summed E-state index contributed by atoms with van der Waals surface area (Å²) in [7, 11) is 1.58. The van der Waals surface area contributed by atoms with Gasteiger partial charge >= 0.3 is 5.97 Å². The number of hydrogen-bond donors (Lipinski definition) is 0. The molecule has 3 aromatic rings. The summed E-state index contributed by atoms with van der Waals surface area (Å²) < 4.78 is 18.6. The quantitative estimate of drug-likeness (QED) is 0.465. The number of hydrogen-bond acceptors (Lipinski definition) is 8. The molecule has 0 aliphatic carbocycles. The summed E-state index contributed by atoms with van der Waals surface area (Å²) in [5.41, 5.74) is 1.53. The van der Waals surface area contributed by atoms with E-state index >= 15 is 0 Å². The molecule has 2 aromatic heterocycles. The number of esters is 1. The van der Waals surface area contributed by atoms with Gasteiger partial charge in [-0.2, -0.15) is 0 Å². The number of rotatable bonds is 7. The molecule has 3 heterocycles. The first-order valence-corrected chi connectivity index (χ1v) is 12.6. The van der Waals surface area contributed by atoms with Gasteiger partial charge in [0, 0.05) is 4.88 Å². The molecule has 0 saturated carbocycles. The first-order valence-electron chi connectivity index (χ1n) is 10.9. The normalized spacial score (nSPS) is 15.8. The summed E-state index contributed by atoms with van der Waals surface area (Å²) in [6.07, 6.45) is 1.52. The number of allylic oxidation sites excluding steroid dienone is 1. The number of thiazole rings is 1. The molecular formula is C25H26N2O5S2. The summed E-state index contributed by atoms with van der Waals surface area (Å²) in [6.45, 7) is 7.82. The molecule has 0 saturated heterocycles. The van der Waals surface area contributed by atoms with Crippen LogP contribution in [-0.2, 0) is 9.53 Å². The number of ether oxygens (including phenoxy) is 3. The van der Waals surface area contributed by atoms with Gasteiger partial charge in [0.2, 0.25) is 0 Å². The number of aromatic nitrogens is 1. The third-order valence-electron chi connectivity index (χ3n) is 5.18. The maximum Gasteiger partial charge on any atom is 0.338 e. The first kappa shape index (κ1) is 24.0. The Bertz CT molecular complexity index is 1410. The molecule has 1 aliphatic heterocycles. The van der Waals surface area contributed by atoms with Crippen molar-refractivity contribution in [3.63, 3.8) is 0 Å². The first-order chi connectivity index (χ1) is 16.3. The molecule has 0 radical (unpaired) electrons. The molecular weight excluding hydrogens is 472 g/mol. The Hall–Kier alpha value is -3.17. The molecule has 0 spiro atoms. The smallest absolute Gasteiger partial charge is 0.338 e. The van der Waals surface area contributed by atoms with Crippen molar-refractivity contribution < 1.29 is 19.0 Å². The average molecular weight is 499 g/mol. The van der Waals surface area contributed by atoms with E-state index in [4.69, 9.17) is 14.2 Å². The molecule has 4 rings (SSSR count). The molecule has 7 nitrogen and oxygen atoms in total. The van der Waals surface area contributed by atoms with Crippen LogP contribution < -0.4 is 24.4 Å². The van der Waals surface area contributed by atoms with Gasteiger partial charge in [-0.3, -0.25) is 9.36 Å². The Labute approximate surface area is 205 Å². The van der Waals surface area contributed by atoms with Crippen molar-refractivity contribution in [2.45, 2.75) is 39.8 Å². The molecule has 34 heavy (non-hydrogen) atoms. The van der Waals surface area contributed by atoms with E-state index in [-0.39, 0.29) is 11.7 Å². The highest BCUT2D eigenvalue weighted by molar-refractivity contribution is 7.10. The summed E-state index contributed by atoms with van der Waals surface area (Å²) in [4.78, 5) is 32.7. The molecule has 1 aliphatic rings. The van der Waals surface area contributed by atoms with Crippen LogP contribution in [-0.4, -0.2) is 30.4 Å². The SMILES string of the molecule is CCOc1ccc(/C=c2\sc3n(c2=O)C(c2cccs2)C(C(=O)OC(C)C)=C(C)N=3)cc1OC. The third kappa shape index (κ3) is 4.58. The van der Waals surface area contributed by atoms with E-state index in [0.717, 1.165) is 10.4 Å². The van der Waals surface area contributed by atoms with Crippen LogP contribution >= 0.6 is 22.7 Å². The van der Waals surface area contributed by atoms with E-state index in [0.29, 0.717) is 38.7 Å². The molecule has 0 bridgehead atoms. The Balaban J connectivity index is 1.86. The number of carbonyl (C=O) groups excluding carboxylic acids is 1. The van der Waals surface area contributed by atoms with E-state index in [2.05, 4.69) is 4.99 Å². The Kier molecular flexibility index (Phi) is 7.04. The van der Waals surface area contributed by atoms with E-state index < -0.39 is 12.0 Å². The fourth-order valence-electron chi connectivity index (χ4n) is 3.78. The van der Waals surface area contributed by atoms with Crippen molar-refractivity contribution in [2.24, 2.45) is 4.99 Å². The second-order valence-corrected chi connectivity index (χ2v) is 9.88. The van der Waals surface area contributed by atoms with E-state index in [1.54, 1.807) is 38.5 Å². The van der Waals surface area contributed by atoms with Crippen LogP contribution in [0.15, 0.2) is 56.8 Å². The summed E-state index contributed by atoms with van der Waals surface area (Å²) in [5, 5.41) is 1.93. The van der Waals surface area contributed by atoms with E-state index in [1.165, 1.54) is 22.7 Å². The molecule has 0 amide bonds. The lowest BCUT2D eigenvalue weighted by Gasteiger charge is -2.24. The van der Waals surface area contributed by atoms with Crippen LogP contribution in [0, 0.1) is 0 Å². The Morgan fingerprint density at radius 1 is 1.26 bits per heavy atom. The Morgan fingerprint density at radius 3 is 2.71 bits per heavy atom. The van der Waals surface area contributed by atoms with Gasteiger partial charge < -0.3 is 14.2 Å². The summed E-state index contributed by atoms with van der Waals surface area (Å²) in [6, 6.07) is 8.77. The van der Waals surface area contributed by atoms with Crippen LogP contribution in [0.25, 0.3) is 6.08 Å². The average Bonchev–Trinajstić information content (AvgIpc) is 3.42. The van der Waals surface area contributed by atoms with Crippen molar-refractivity contribution in [1.29, 1.82) is 0 Å². The van der Waals surface area contributed by atoms with Gasteiger partial charge in [0.05, 0.1) is 35.6 Å². The Morgan fingerprint density at radius 2 is 2.06 bits per heavy atom. The lowest BCUT2D eigenvalue weighted by Crippen LogP contribution is -2.39. The topological polar surface area (TPSA) is 79.1 Å². The van der Waals surface area contributed by atoms with Gasteiger partial charge in [-0.1, -0.05) is 23.5 Å². The number of carbonyl (C=O) groups is 1. The number of nitrogens with zero attached hydrogens (tertiary/aromatic N) is 2. The predicted octanol–water partition coefficient (Wildman–Crippen LogP) is 3.66. The molecule has 1 aromatic carbocycles. The van der Waals surface area contributed by atoms with Crippen LogP contribution in [0.4, 0.5) is 0 Å². The van der Waals surface area contributed by atoms with Gasteiger partial charge in [0.25, 0.3) is 5.56 Å². The van der Waals surface area contributed by atoms with E-state index in [9.17, 15) is 9.59 Å². The third-order valence-corrected chi connectivity index (χ3v) is 7.09. The molecule has 0 fully saturated rings. The van der Waals surface area contributed by atoms with Crippen molar-refractivity contribution in [1.82, 2.24) is 4.57 Å². The molecule has 178 valence electrons. The number of methoxy groups -OCH3 is 1. The highest BCUT2D eigenvalue weighted by atomic mass is 32.1. The molecule has 0 N–H and O–H groups in total. The van der Waals surface area contributed by atoms with Gasteiger partial charge in [0.1, 0.15) is 6.04 Å². The lowest BCUT2D eigenvalue weighted by atomic mass is 10.0. The second-order valence-electron chi connectivity index (χ2n) is 7.89. The van der Waals surface area contributed by atoms with Gasteiger partial charge in [0.15, 0.2) is 16.3 Å². The standard InChI is InChI=1S/C25H26N2O5S2/c1-6-31-17-10-9-16(12-18(17)30-5)13-20-23(28)27-22(19-8-7-11-33-19)21(24(29)32-14(2)3)15(4)26-25(27)34-20/h7-14,22H,6H2,1-5H3/b20-13-. The minimum Gasteiger partial charge on any atom is -0.493 e. The van der Waals surface area contributed by atoms with Crippen LogP contribution in [0.1, 0.15) is 44.2 Å². The minimum absolute atomic E-state index is 0.211. The summed E-state index contributed by atoms with van der Waals surface area (Å²) in [5.74, 6) is 0.778. The largest absolute Gasteiger partial charge is 0.493 e. The maximum atomic E-state index is 13.6. The van der Waals surface area contributed by atoms with Crippen molar-refractivity contribution in [3.8, 4) is 11.5 Å². The fraction of sp³-hybridized carbons (Fsp3) is 0.320. The highest BCUT2D eigenvalue weighted by Gasteiger charge is 2.34. The van der Waals surface area contributed by atoms with Gasteiger partial charge in [-0.15, -0.1) is 11.3 Å². The predicted molar refractivity (Wildman–Crippen MR) is 133 cm³/mol. The van der Waals surface area contributed by atoms with Crippen molar-refractivity contribution >= 4 is 34.7 Å². The number of fused-ring (bicyclic) bond motifs is 1. The highest BCUT2D eigenvalue weighted by Crippen LogP contribution is 2.33. The van der Waals surface area contributed by atoms with Crippen LogP contribution in [0.5, 0.6) is 11.5 Å². The molecule has 1 atom stereocenters. The second kappa shape index (κ2) is 9.99. The molecule has 9 heteroatoms. The number of thiophene rings is 1. The monoisotopic (exact) mass is 498 g/mol. The van der Waals surface area contributed by atoms with Crippen LogP contribution in [0.2, 0.25) is 0 Å². The molecule has 1 unspecified atom stereocenters. The maximum absolute atomic E-state index is 13.6. The van der Waals surface area contributed by atoms with E-state index in [1.807, 2.05) is 42.6 Å². The fourth-order valence-corrected chi connectivity index (χ4v) is 5.65. The zero-order valence-electron chi connectivity index (χ0n) is 19.7. The van der Waals surface area contributed by atoms with Gasteiger partial charge in [-0.25, -0.2) is 9.79 Å². The lowest BCUT2D eigenvalue weighted by molar-refractivity contribution is -0.143. The summed E-state index contributed by atoms with van der Waals surface area (Å²) >= 11 is 2.78. The van der Waals surface area contributed by atoms with Gasteiger partial charge in [-0.05, 0) is 62.9 Å². The number of benzene rings is 1.